The van der Waals surface area contributed by atoms with Crippen LogP contribution in [0, 0.1) is 5.92 Å². The van der Waals surface area contributed by atoms with E-state index in [0.717, 1.165) is 13.0 Å². The standard InChI is InChI=1S/C12H16BrClN2O2S.ClH/c1-15-7-9-5-6-16(8-9)19(17,18)11-4-2-3-10(13)12(11)14;/h2-4,9,15H,5-8H2,1H3;1H. The van der Waals surface area contributed by atoms with E-state index in [1.807, 2.05) is 7.05 Å². The first-order valence-corrected chi connectivity index (χ1v) is 8.66. The lowest BCUT2D eigenvalue weighted by atomic mass is 10.1. The molecule has 0 spiro atoms. The zero-order chi connectivity index (χ0) is 14.0. The smallest absolute Gasteiger partial charge is 0.244 e. The van der Waals surface area contributed by atoms with Crippen LogP contribution in [-0.2, 0) is 10.0 Å². The molecule has 0 radical (unpaired) electrons. The van der Waals surface area contributed by atoms with Gasteiger partial charge in [-0.3, -0.25) is 0 Å². The van der Waals surface area contributed by atoms with Gasteiger partial charge in [-0.1, -0.05) is 17.7 Å². The molecular weight excluding hydrogens is 387 g/mol. The van der Waals surface area contributed by atoms with Crippen molar-refractivity contribution >= 4 is 50.0 Å². The fourth-order valence-corrected chi connectivity index (χ4v) is 4.83. The van der Waals surface area contributed by atoms with Gasteiger partial charge < -0.3 is 5.32 Å². The molecule has 0 amide bonds. The minimum atomic E-state index is -3.50. The Morgan fingerprint density at radius 2 is 2.20 bits per heavy atom. The normalized spacial score (nSPS) is 19.9. The summed E-state index contributed by atoms with van der Waals surface area (Å²) < 4.78 is 27.2. The van der Waals surface area contributed by atoms with Crippen LogP contribution < -0.4 is 5.32 Å². The third-order valence-electron chi connectivity index (χ3n) is 3.28. The zero-order valence-electron chi connectivity index (χ0n) is 11.0. The Morgan fingerprint density at radius 1 is 1.50 bits per heavy atom. The summed E-state index contributed by atoms with van der Waals surface area (Å²) in [6.45, 7) is 1.93. The van der Waals surface area contributed by atoms with Crippen molar-refractivity contribution in [2.75, 3.05) is 26.7 Å². The van der Waals surface area contributed by atoms with Crippen molar-refractivity contribution < 1.29 is 8.42 Å². The molecule has 20 heavy (non-hydrogen) atoms. The number of nitrogens with one attached hydrogen (secondary N) is 1. The molecule has 1 saturated heterocycles. The van der Waals surface area contributed by atoms with Gasteiger partial charge in [-0.05, 0) is 54.0 Å². The minimum absolute atomic E-state index is 0. The van der Waals surface area contributed by atoms with Gasteiger partial charge in [0, 0.05) is 17.6 Å². The van der Waals surface area contributed by atoms with E-state index >= 15 is 0 Å². The number of hydrogen-bond donors (Lipinski definition) is 1. The summed E-state index contributed by atoms with van der Waals surface area (Å²) in [6, 6.07) is 4.97. The van der Waals surface area contributed by atoms with E-state index in [9.17, 15) is 8.42 Å². The molecule has 1 aromatic carbocycles. The topological polar surface area (TPSA) is 49.4 Å². The molecule has 2 rings (SSSR count). The van der Waals surface area contributed by atoms with Crippen molar-refractivity contribution in [1.82, 2.24) is 9.62 Å². The third-order valence-corrected chi connectivity index (χ3v) is 6.59. The SMILES string of the molecule is CNCC1CCN(S(=O)(=O)c2cccc(Br)c2Cl)C1.Cl. The van der Waals surface area contributed by atoms with Gasteiger partial charge in [0.1, 0.15) is 4.90 Å². The van der Waals surface area contributed by atoms with Crippen LogP contribution in [0.1, 0.15) is 6.42 Å². The lowest BCUT2D eigenvalue weighted by molar-refractivity contribution is 0.451. The lowest BCUT2D eigenvalue weighted by Crippen LogP contribution is -2.30. The van der Waals surface area contributed by atoms with Crippen molar-refractivity contribution in [2.45, 2.75) is 11.3 Å². The number of sulfonamides is 1. The van der Waals surface area contributed by atoms with Gasteiger partial charge in [-0.15, -0.1) is 12.4 Å². The largest absolute Gasteiger partial charge is 0.319 e. The predicted molar refractivity (Wildman–Crippen MR) is 87.2 cm³/mol. The van der Waals surface area contributed by atoms with E-state index in [1.54, 1.807) is 18.2 Å². The molecule has 1 atom stereocenters. The molecule has 1 fully saturated rings. The highest BCUT2D eigenvalue weighted by Gasteiger charge is 2.33. The minimum Gasteiger partial charge on any atom is -0.319 e. The van der Waals surface area contributed by atoms with E-state index in [0.29, 0.717) is 23.5 Å². The number of hydrogen-bond acceptors (Lipinski definition) is 3. The maximum atomic E-state index is 12.6. The molecule has 8 heteroatoms. The molecule has 0 saturated carbocycles. The van der Waals surface area contributed by atoms with Crippen molar-refractivity contribution in [3.05, 3.63) is 27.7 Å². The van der Waals surface area contributed by atoms with Crippen molar-refractivity contribution in [3.63, 3.8) is 0 Å². The Hall–Kier alpha value is 0.150. The van der Waals surface area contributed by atoms with Crippen LogP contribution >= 0.6 is 39.9 Å². The first-order valence-electron chi connectivity index (χ1n) is 6.05. The second-order valence-corrected chi connectivity index (χ2v) is 7.77. The number of nitrogens with zero attached hydrogens (tertiary/aromatic N) is 1. The molecule has 1 heterocycles. The molecule has 1 aromatic rings. The number of rotatable bonds is 4. The quantitative estimate of drug-likeness (QED) is 0.840. The molecule has 1 aliphatic heterocycles. The Kier molecular flexibility index (Phi) is 6.76. The van der Waals surface area contributed by atoms with E-state index < -0.39 is 10.0 Å². The third kappa shape index (κ3) is 3.67. The second-order valence-electron chi connectivity index (χ2n) is 4.63. The van der Waals surface area contributed by atoms with Crippen LogP contribution in [0.25, 0.3) is 0 Å². The summed E-state index contributed by atoms with van der Waals surface area (Å²) in [5, 5.41) is 3.34. The Balaban J connectivity index is 0.00000200. The van der Waals surface area contributed by atoms with Crippen LogP contribution in [0.5, 0.6) is 0 Å². The Morgan fingerprint density at radius 3 is 2.85 bits per heavy atom. The molecule has 0 bridgehead atoms. The van der Waals surface area contributed by atoms with Gasteiger partial charge in [0.05, 0.1) is 5.02 Å². The average molecular weight is 404 g/mol. The summed E-state index contributed by atoms with van der Waals surface area (Å²) in [6.07, 6.45) is 0.881. The van der Waals surface area contributed by atoms with Gasteiger partial charge in [0.15, 0.2) is 0 Å². The molecule has 0 aliphatic carbocycles. The van der Waals surface area contributed by atoms with Crippen LogP contribution in [0.2, 0.25) is 5.02 Å². The molecular formula is C12H17BrCl2N2O2S. The zero-order valence-corrected chi connectivity index (χ0v) is 14.9. The summed E-state index contributed by atoms with van der Waals surface area (Å²) in [7, 11) is -1.62. The molecule has 1 N–H and O–H groups in total. The number of halogens is 3. The first-order chi connectivity index (χ1) is 8.96. The second kappa shape index (κ2) is 7.42. The summed E-state index contributed by atoms with van der Waals surface area (Å²) in [5.41, 5.74) is 0. The maximum absolute atomic E-state index is 12.6. The molecule has 1 aliphatic rings. The monoisotopic (exact) mass is 402 g/mol. The average Bonchev–Trinajstić information content (AvgIpc) is 2.82. The number of benzene rings is 1. The summed E-state index contributed by atoms with van der Waals surface area (Å²) >= 11 is 9.35. The highest BCUT2D eigenvalue weighted by Crippen LogP contribution is 2.33. The summed E-state index contributed by atoms with van der Waals surface area (Å²) in [5.74, 6) is 0.366. The van der Waals surface area contributed by atoms with Gasteiger partial charge in [-0.25, -0.2) is 8.42 Å². The van der Waals surface area contributed by atoms with Crippen LogP contribution in [0.15, 0.2) is 27.6 Å². The van der Waals surface area contributed by atoms with Crippen LogP contribution in [-0.4, -0.2) is 39.4 Å². The van der Waals surface area contributed by atoms with Crippen molar-refractivity contribution in [3.8, 4) is 0 Å². The van der Waals surface area contributed by atoms with Gasteiger partial charge >= 0.3 is 0 Å². The Labute approximate surface area is 139 Å². The van der Waals surface area contributed by atoms with E-state index in [1.165, 1.54) is 4.31 Å². The summed E-state index contributed by atoms with van der Waals surface area (Å²) in [4.78, 5) is 0.175. The molecule has 1 unspecified atom stereocenters. The maximum Gasteiger partial charge on any atom is 0.244 e. The highest BCUT2D eigenvalue weighted by molar-refractivity contribution is 9.10. The van der Waals surface area contributed by atoms with Gasteiger partial charge in [0.2, 0.25) is 10.0 Å². The van der Waals surface area contributed by atoms with Crippen molar-refractivity contribution in [1.29, 1.82) is 0 Å². The van der Waals surface area contributed by atoms with Crippen molar-refractivity contribution in [2.24, 2.45) is 5.92 Å². The van der Waals surface area contributed by atoms with Crippen LogP contribution in [0.4, 0.5) is 0 Å². The first kappa shape index (κ1) is 18.2. The van der Waals surface area contributed by atoms with Gasteiger partial charge in [0.25, 0.3) is 0 Å². The molecule has 0 aromatic heterocycles. The lowest BCUT2D eigenvalue weighted by Gasteiger charge is -2.17. The van der Waals surface area contributed by atoms with Crippen LogP contribution in [0.3, 0.4) is 0 Å². The molecule has 4 nitrogen and oxygen atoms in total. The van der Waals surface area contributed by atoms with Gasteiger partial charge in [-0.2, -0.15) is 4.31 Å². The fraction of sp³-hybridized carbons (Fsp3) is 0.500. The molecule has 114 valence electrons. The van der Waals surface area contributed by atoms with E-state index in [-0.39, 0.29) is 22.3 Å². The highest BCUT2D eigenvalue weighted by atomic mass is 79.9. The van der Waals surface area contributed by atoms with E-state index in [2.05, 4.69) is 21.2 Å². The predicted octanol–water partition coefficient (Wildman–Crippen LogP) is 2.75. The van der Waals surface area contributed by atoms with E-state index in [4.69, 9.17) is 11.6 Å². The Bertz CT molecular complexity index is 569. The fourth-order valence-electron chi connectivity index (χ4n) is 2.29.